The summed E-state index contributed by atoms with van der Waals surface area (Å²) in [5, 5.41) is 3.13. The molecule has 0 spiro atoms. The number of benzene rings is 1. The number of rotatable bonds is 3. The third-order valence-corrected chi connectivity index (χ3v) is 5.34. The zero-order valence-corrected chi connectivity index (χ0v) is 14.7. The fourth-order valence-electron chi connectivity index (χ4n) is 3.99. The van der Waals surface area contributed by atoms with Gasteiger partial charge in [-0.3, -0.25) is 0 Å². The molecule has 0 radical (unpaired) electrons. The Labute approximate surface area is 148 Å². The van der Waals surface area contributed by atoms with Crippen molar-refractivity contribution in [1.82, 2.24) is 10.2 Å². The monoisotopic (exact) mass is 346 g/mol. The minimum Gasteiger partial charge on any atom is -0.486 e. The van der Waals surface area contributed by atoms with E-state index in [9.17, 15) is 4.79 Å². The number of hydrogen-bond donors (Lipinski definition) is 1. The Balaban J connectivity index is 1.45. The van der Waals surface area contributed by atoms with Gasteiger partial charge in [0, 0.05) is 13.2 Å². The Bertz CT molecular complexity index is 630. The van der Waals surface area contributed by atoms with E-state index < -0.39 is 0 Å². The lowest BCUT2D eigenvalue weighted by atomic mass is 10.0. The Morgan fingerprint density at radius 2 is 2.00 bits per heavy atom. The third kappa shape index (κ3) is 3.40. The molecule has 0 aliphatic carbocycles. The highest BCUT2D eigenvalue weighted by atomic mass is 16.6. The molecule has 1 aromatic rings. The lowest BCUT2D eigenvalue weighted by Crippen LogP contribution is -2.47. The number of fused-ring (bicyclic) bond motifs is 1. The van der Waals surface area contributed by atoms with Crippen molar-refractivity contribution in [1.29, 1.82) is 0 Å². The quantitative estimate of drug-likeness (QED) is 0.914. The minimum absolute atomic E-state index is 0.000360. The predicted octanol–water partition coefficient (Wildman–Crippen LogP) is 2.87. The van der Waals surface area contributed by atoms with E-state index in [1.807, 2.05) is 30.0 Å². The van der Waals surface area contributed by atoms with E-state index in [-0.39, 0.29) is 24.2 Å². The smallest absolute Gasteiger partial charge is 0.318 e. The second-order valence-corrected chi connectivity index (χ2v) is 7.04. The van der Waals surface area contributed by atoms with E-state index in [4.69, 9.17) is 14.2 Å². The van der Waals surface area contributed by atoms with Gasteiger partial charge in [-0.2, -0.15) is 0 Å². The van der Waals surface area contributed by atoms with Crippen molar-refractivity contribution in [3.05, 3.63) is 23.8 Å². The molecule has 1 aromatic carbocycles. The number of amides is 2. The largest absolute Gasteiger partial charge is 0.486 e. The first-order chi connectivity index (χ1) is 12.2. The molecule has 3 unspecified atom stereocenters. The van der Waals surface area contributed by atoms with Gasteiger partial charge in [0.15, 0.2) is 11.5 Å². The van der Waals surface area contributed by atoms with E-state index in [1.165, 1.54) is 0 Å². The van der Waals surface area contributed by atoms with Crippen LogP contribution in [0.1, 0.15) is 44.2 Å². The lowest BCUT2D eigenvalue weighted by molar-refractivity contribution is 0.0829. The first-order valence-corrected chi connectivity index (χ1v) is 9.30. The zero-order valence-electron chi connectivity index (χ0n) is 14.7. The number of carbonyl (C=O) groups excluding carboxylic acids is 1. The molecule has 6 nitrogen and oxygen atoms in total. The normalized spacial score (nSPS) is 26.5. The number of ether oxygens (including phenoxy) is 3. The Morgan fingerprint density at radius 1 is 1.16 bits per heavy atom. The third-order valence-electron chi connectivity index (χ3n) is 5.34. The molecule has 6 heteroatoms. The van der Waals surface area contributed by atoms with Crippen LogP contribution in [0.5, 0.6) is 11.5 Å². The van der Waals surface area contributed by atoms with Crippen molar-refractivity contribution >= 4 is 6.03 Å². The number of nitrogens with zero attached hydrogens (tertiary/aromatic N) is 1. The Morgan fingerprint density at radius 3 is 2.80 bits per heavy atom. The van der Waals surface area contributed by atoms with Gasteiger partial charge >= 0.3 is 6.03 Å². The molecule has 3 aliphatic heterocycles. The standard InChI is InChI=1S/C19H26N2O4/c1-13(16-5-3-9-23-16)20-19(22)21-8-2-4-15(21)14-6-7-17-18(12-14)25-11-10-24-17/h6-7,12-13,15-16H,2-5,8-11H2,1H3,(H,20,22). The van der Waals surface area contributed by atoms with Crippen LogP contribution in [0.25, 0.3) is 0 Å². The summed E-state index contributed by atoms with van der Waals surface area (Å²) in [6.45, 7) is 4.77. The van der Waals surface area contributed by atoms with Crippen molar-refractivity contribution in [2.75, 3.05) is 26.4 Å². The number of urea groups is 1. The van der Waals surface area contributed by atoms with Crippen LogP contribution in [0.4, 0.5) is 4.79 Å². The van der Waals surface area contributed by atoms with Crippen molar-refractivity contribution < 1.29 is 19.0 Å². The summed E-state index contributed by atoms with van der Waals surface area (Å²) in [5.74, 6) is 1.57. The molecular formula is C19H26N2O4. The topological polar surface area (TPSA) is 60.0 Å². The maximum absolute atomic E-state index is 12.8. The van der Waals surface area contributed by atoms with Crippen LogP contribution in [0, 0.1) is 0 Å². The van der Waals surface area contributed by atoms with Gasteiger partial charge in [-0.05, 0) is 50.3 Å². The maximum atomic E-state index is 12.8. The summed E-state index contributed by atoms with van der Waals surface area (Å²) in [6.07, 6.45) is 4.23. The van der Waals surface area contributed by atoms with Crippen LogP contribution in [0.3, 0.4) is 0 Å². The molecule has 1 N–H and O–H groups in total. The van der Waals surface area contributed by atoms with E-state index >= 15 is 0 Å². The van der Waals surface area contributed by atoms with Crippen LogP contribution < -0.4 is 14.8 Å². The van der Waals surface area contributed by atoms with Gasteiger partial charge in [-0.25, -0.2) is 4.79 Å². The Hall–Kier alpha value is -1.95. The molecule has 0 bridgehead atoms. The molecule has 0 aromatic heterocycles. The fraction of sp³-hybridized carbons (Fsp3) is 0.632. The van der Waals surface area contributed by atoms with Crippen LogP contribution in [0.15, 0.2) is 18.2 Å². The second kappa shape index (κ2) is 7.12. The fourth-order valence-corrected chi connectivity index (χ4v) is 3.99. The lowest BCUT2D eigenvalue weighted by Gasteiger charge is -2.29. The average Bonchev–Trinajstić information content (AvgIpc) is 3.33. The number of hydrogen-bond acceptors (Lipinski definition) is 4. The van der Waals surface area contributed by atoms with E-state index in [2.05, 4.69) is 5.32 Å². The van der Waals surface area contributed by atoms with Gasteiger partial charge in [0.1, 0.15) is 13.2 Å². The Kier molecular flexibility index (Phi) is 4.70. The summed E-state index contributed by atoms with van der Waals surface area (Å²) in [7, 11) is 0. The molecule has 2 saturated heterocycles. The van der Waals surface area contributed by atoms with Crippen molar-refractivity contribution in [2.24, 2.45) is 0 Å². The highest BCUT2D eigenvalue weighted by molar-refractivity contribution is 5.75. The predicted molar refractivity (Wildman–Crippen MR) is 93.1 cm³/mol. The first-order valence-electron chi connectivity index (χ1n) is 9.30. The number of carbonyl (C=O) groups is 1. The number of likely N-dealkylation sites (tertiary alicyclic amines) is 1. The van der Waals surface area contributed by atoms with Crippen LogP contribution in [-0.4, -0.2) is 49.4 Å². The maximum Gasteiger partial charge on any atom is 0.318 e. The summed E-state index contributed by atoms with van der Waals surface area (Å²) >= 11 is 0. The van der Waals surface area contributed by atoms with E-state index in [1.54, 1.807) is 0 Å². The van der Waals surface area contributed by atoms with Crippen molar-refractivity contribution in [3.63, 3.8) is 0 Å². The second-order valence-electron chi connectivity index (χ2n) is 7.04. The van der Waals surface area contributed by atoms with Crippen LogP contribution in [-0.2, 0) is 4.74 Å². The van der Waals surface area contributed by atoms with E-state index in [0.29, 0.717) is 13.2 Å². The molecule has 3 atom stereocenters. The molecule has 4 rings (SSSR count). The van der Waals surface area contributed by atoms with Gasteiger partial charge < -0.3 is 24.4 Å². The minimum atomic E-state index is 0.000360. The molecule has 0 saturated carbocycles. The SMILES string of the molecule is CC(NC(=O)N1CCCC1c1ccc2c(c1)OCCO2)C1CCCO1. The van der Waals surface area contributed by atoms with Gasteiger partial charge in [0.2, 0.25) is 0 Å². The molecule has 3 heterocycles. The highest BCUT2D eigenvalue weighted by Crippen LogP contribution is 2.38. The molecule has 3 aliphatic rings. The molecule has 25 heavy (non-hydrogen) atoms. The van der Waals surface area contributed by atoms with E-state index in [0.717, 1.165) is 55.9 Å². The summed E-state index contributed by atoms with van der Waals surface area (Å²) in [5.41, 5.74) is 1.11. The zero-order chi connectivity index (χ0) is 17.2. The molecule has 2 fully saturated rings. The van der Waals surface area contributed by atoms with Gasteiger partial charge in [-0.15, -0.1) is 0 Å². The van der Waals surface area contributed by atoms with Crippen LogP contribution >= 0.6 is 0 Å². The molecular weight excluding hydrogens is 320 g/mol. The van der Waals surface area contributed by atoms with Crippen LogP contribution in [0.2, 0.25) is 0 Å². The van der Waals surface area contributed by atoms with Gasteiger partial charge in [0.05, 0.1) is 18.2 Å². The molecule has 2 amide bonds. The van der Waals surface area contributed by atoms with Gasteiger partial charge in [-0.1, -0.05) is 6.07 Å². The number of nitrogens with one attached hydrogen (secondary N) is 1. The summed E-state index contributed by atoms with van der Waals surface area (Å²) in [4.78, 5) is 14.7. The summed E-state index contributed by atoms with van der Waals surface area (Å²) in [6, 6.07) is 6.15. The average molecular weight is 346 g/mol. The summed E-state index contributed by atoms with van der Waals surface area (Å²) < 4.78 is 17.0. The van der Waals surface area contributed by atoms with Crippen molar-refractivity contribution in [2.45, 2.75) is 50.8 Å². The highest BCUT2D eigenvalue weighted by Gasteiger charge is 2.33. The first kappa shape index (κ1) is 16.5. The molecule has 136 valence electrons. The van der Waals surface area contributed by atoms with Crippen molar-refractivity contribution in [3.8, 4) is 11.5 Å². The van der Waals surface area contributed by atoms with Gasteiger partial charge in [0.25, 0.3) is 0 Å².